The minimum absolute atomic E-state index is 0.216. The summed E-state index contributed by atoms with van der Waals surface area (Å²) >= 11 is 4.95. The molecule has 0 aromatic rings. The Balaban J connectivity index is 2.10. The van der Waals surface area contributed by atoms with Crippen LogP contribution < -0.4 is 0 Å². The Morgan fingerprint density at radius 3 is 3.00 bits per heavy atom. The van der Waals surface area contributed by atoms with E-state index in [1.165, 1.54) is 0 Å². The van der Waals surface area contributed by atoms with Crippen LogP contribution in [0.25, 0.3) is 0 Å². The molecule has 0 amide bonds. The van der Waals surface area contributed by atoms with Gasteiger partial charge in [0.1, 0.15) is 0 Å². The summed E-state index contributed by atoms with van der Waals surface area (Å²) in [5, 5.41) is 8.25. The topological polar surface area (TPSA) is 33.0 Å². The first-order valence-corrected chi connectivity index (χ1v) is 2.82. The normalized spacial score (nSPS) is 34.0. The van der Waals surface area contributed by atoms with E-state index < -0.39 is 0 Å². The SMILES string of the molecule is N#CC1CC1COCl. The number of nitriles is 1. The van der Waals surface area contributed by atoms with E-state index in [4.69, 9.17) is 17.1 Å². The van der Waals surface area contributed by atoms with Crippen LogP contribution in [0.5, 0.6) is 0 Å². The van der Waals surface area contributed by atoms with E-state index in [1.54, 1.807) is 0 Å². The smallest absolute Gasteiger partial charge is 0.0723 e. The molecule has 0 aliphatic heterocycles. The van der Waals surface area contributed by atoms with E-state index in [9.17, 15) is 0 Å². The summed E-state index contributed by atoms with van der Waals surface area (Å²) in [4.78, 5) is 0. The predicted octanol–water partition coefficient (Wildman–Crippen LogP) is 1.32. The molecule has 44 valence electrons. The fourth-order valence-electron chi connectivity index (χ4n) is 0.671. The first-order chi connectivity index (χ1) is 3.88. The lowest BCUT2D eigenvalue weighted by Crippen LogP contribution is -1.87. The molecule has 1 rings (SSSR count). The van der Waals surface area contributed by atoms with Crippen LogP contribution in [0.1, 0.15) is 6.42 Å². The number of halogens is 1. The average molecular weight is 132 g/mol. The third-order valence-corrected chi connectivity index (χ3v) is 1.49. The van der Waals surface area contributed by atoms with Crippen molar-refractivity contribution in [3.8, 4) is 6.07 Å². The summed E-state index contributed by atoms with van der Waals surface area (Å²) in [5.74, 6) is 0.631. The first kappa shape index (κ1) is 5.87. The molecule has 0 aromatic heterocycles. The van der Waals surface area contributed by atoms with Gasteiger partial charge in [-0.25, -0.2) is 0 Å². The van der Waals surface area contributed by atoms with Gasteiger partial charge < -0.3 is 0 Å². The predicted molar refractivity (Wildman–Crippen MR) is 29.0 cm³/mol. The Hall–Kier alpha value is -0.260. The molecule has 3 heteroatoms. The van der Waals surface area contributed by atoms with Crippen molar-refractivity contribution in [3.05, 3.63) is 0 Å². The molecule has 1 fully saturated rings. The van der Waals surface area contributed by atoms with Gasteiger partial charge in [-0.2, -0.15) is 5.26 Å². The fourth-order valence-corrected chi connectivity index (χ4v) is 0.833. The summed E-state index contributed by atoms with van der Waals surface area (Å²) in [6.07, 6.45) is 0.962. The molecule has 0 heterocycles. The van der Waals surface area contributed by atoms with Crippen LogP contribution in [0.2, 0.25) is 0 Å². The standard InChI is InChI=1S/C5H6ClNO/c6-8-3-5-1-4(5)2-7/h4-5H,1,3H2. The van der Waals surface area contributed by atoms with Gasteiger partial charge in [0.15, 0.2) is 0 Å². The Labute approximate surface area is 53.2 Å². The minimum atomic E-state index is 0.216. The second-order valence-electron chi connectivity index (χ2n) is 2.01. The molecule has 2 unspecified atom stereocenters. The van der Waals surface area contributed by atoms with Gasteiger partial charge in [0.25, 0.3) is 0 Å². The maximum Gasteiger partial charge on any atom is 0.0723 e. The molecule has 1 aliphatic carbocycles. The van der Waals surface area contributed by atoms with Gasteiger partial charge in [-0.3, -0.25) is 4.29 Å². The zero-order valence-electron chi connectivity index (χ0n) is 4.30. The van der Waals surface area contributed by atoms with Crippen LogP contribution in [0, 0.1) is 23.2 Å². The van der Waals surface area contributed by atoms with Crippen LogP contribution in [0.4, 0.5) is 0 Å². The van der Waals surface area contributed by atoms with Crippen LogP contribution >= 0.6 is 11.9 Å². The third-order valence-electron chi connectivity index (χ3n) is 1.37. The quantitative estimate of drug-likeness (QED) is 0.566. The maximum atomic E-state index is 8.25. The third kappa shape index (κ3) is 1.12. The highest BCUT2D eigenvalue weighted by Gasteiger charge is 2.37. The van der Waals surface area contributed by atoms with E-state index in [1.807, 2.05) is 0 Å². The number of nitrogens with zero attached hydrogens (tertiary/aromatic N) is 1. The van der Waals surface area contributed by atoms with Gasteiger partial charge in [-0.1, -0.05) is 0 Å². The number of rotatable bonds is 2. The van der Waals surface area contributed by atoms with Crippen molar-refractivity contribution in [2.75, 3.05) is 6.61 Å². The van der Waals surface area contributed by atoms with E-state index in [-0.39, 0.29) is 5.92 Å². The molecule has 8 heavy (non-hydrogen) atoms. The van der Waals surface area contributed by atoms with Crippen molar-refractivity contribution in [1.29, 1.82) is 5.26 Å². The largest absolute Gasteiger partial charge is 0.279 e. The zero-order chi connectivity index (χ0) is 5.98. The number of hydrogen-bond acceptors (Lipinski definition) is 2. The average Bonchev–Trinajstić information content (AvgIpc) is 2.48. The molecule has 0 N–H and O–H groups in total. The maximum absolute atomic E-state index is 8.25. The van der Waals surface area contributed by atoms with Gasteiger partial charge in [0.2, 0.25) is 0 Å². The van der Waals surface area contributed by atoms with Crippen molar-refractivity contribution in [1.82, 2.24) is 0 Å². The molecule has 1 aliphatic rings. The molecular formula is C5H6ClNO. The van der Waals surface area contributed by atoms with Gasteiger partial charge in [0, 0.05) is 5.92 Å². The van der Waals surface area contributed by atoms with Crippen molar-refractivity contribution in [3.63, 3.8) is 0 Å². The molecule has 0 saturated heterocycles. The van der Waals surface area contributed by atoms with Gasteiger partial charge >= 0.3 is 0 Å². The first-order valence-electron chi connectivity index (χ1n) is 2.51. The summed E-state index contributed by atoms with van der Waals surface area (Å²) < 4.78 is 4.32. The highest BCUT2D eigenvalue weighted by Crippen LogP contribution is 2.37. The highest BCUT2D eigenvalue weighted by atomic mass is 35.5. The van der Waals surface area contributed by atoms with Gasteiger partial charge in [-0.15, -0.1) is 0 Å². The van der Waals surface area contributed by atoms with Crippen LogP contribution in [0.15, 0.2) is 0 Å². The van der Waals surface area contributed by atoms with Crippen molar-refractivity contribution in [2.45, 2.75) is 6.42 Å². The lowest BCUT2D eigenvalue weighted by atomic mass is 10.4. The van der Waals surface area contributed by atoms with Gasteiger partial charge in [-0.05, 0) is 6.42 Å². The second-order valence-corrected chi connectivity index (χ2v) is 2.23. The van der Waals surface area contributed by atoms with Crippen LogP contribution in [-0.2, 0) is 4.29 Å². The van der Waals surface area contributed by atoms with Crippen molar-refractivity contribution in [2.24, 2.45) is 11.8 Å². The molecule has 2 atom stereocenters. The lowest BCUT2D eigenvalue weighted by Gasteiger charge is -1.85. The monoisotopic (exact) mass is 131 g/mol. The van der Waals surface area contributed by atoms with Gasteiger partial charge in [0.05, 0.1) is 30.5 Å². The Morgan fingerprint density at radius 1 is 1.88 bits per heavy atom. The minimum Gasteiger partial charge on any atom is -0.279 e. The highest BCUT2D eigenvalue weighted by molar-refractivity contribution is 6.07. The second kappa shape index (κ2) is 2.34. The Bertz CT molecular complexity index is 120. The summed E-state index contributed by atoms with van der Waals surface area (Å²) in [6, 6.07) is 2.14. The molecule has 0 aromatic carbocycles. The molecule has 1 saturated carbocycles. The van der Waals surface area contributed by atoms with E-state index in [2.05, 4.69) is 10.4 Å². The summed E-state index contributed by atoms with van der Waals surface area (Å²) in [7, 11) is 0. The van der Waals surface area contributed by atoms with Crippen molar-refractivity contribution >= 4 is 11.9 Å². The zero-order valence-corrected chi connectivity index (χ0v) is 5.06. The van der Waals surface area contributed by atoms with E-state index in [0.717, 1.165) is 6.42 Å². The molecular weight excluding hydrogens is 126 g/mol. The van der Waals surface area contributed by atoms with Crippen LogP contribution in [0.3, 0.4) is 0 Å². The molecule has 2 nitrogen and oxygen atoms in total. The van der Waals surface area contributed by atoms with Crippen LogP contribution in [-0.4, -0.2) is 6.61 Å². The van der Waals surface area contributed by atoms with Crippen molar-refractivity contribution < 1.29 is 4.29 Å². The number of hydrogen-bond donors (Lipinski definition) is 0. The summed E-state index contributed by atoms with van der Waals surface area (Å²) in [5.41, 5.74) is 0. The Morgan fingerprint density at radius 2 is 2.62 bits per heavy atom. The Kier molecular flexibility index (Phi) is 1.72. The lowest BCUT2D eigenvalue weighted by molar-refractivity contribution is 0.326. The fraction of sp³-hybridized carbons (Fsp3) is 0.800. The summed E-state index contributed by atoms with van der Waals surface area (Å²) in [6.45, 7) is 0.528. The molecule has 0 radical (unpaired) electrons. The van der Waals surface area contributed by atoms with E-state index in [0.29, 0.717) is 12.5 Å². The molecule has 0 spiro atoms. The molecule has 0 bridgehead atoms. The van der Waals surface area contributed by atoms with E-state index >= 15 is 0 Å².